The zero-order valence-electron chi connectivity index (χ0n) is 20.2. The second kappa shape index (κ2) is 9.41. The SMILES string of the molecule is CC[C@@](O)(c1ccccc1)[C@@H]1O[C@@H]2c3cccc(OCc4ccccc4)c3CC[C@@H]2C(C)(C)S1. The Bertz CT molecular complexity index is 1110. The van der Waals surface area contributed by atoms with E-state index in [2.05, 4.69) is 44.2 Å². The molecule has 3 aromatic rings. The number of aliphatic hydroxyl groups is 1. The van der Waals surface area contributed by atoms with Gasteiger partial charge in [0.1, 0.15) is 23.4 Å². The summed E-state index contributed by atoms with van der Waals surface area (Å²) in [5.41, 5.74) is 3.15. The summed E-state index contributed by atoms with van der Waals surface area (Å²) < 4.78 is 13.1. The summed E-state index contributed by atoms with van der Waals surface area (Å²) in [6.07, 6.45) is 2.56. The Kier molecular flexibility index (Phi) is 6.49. The highest BCUT2D eigenvalue weighted by Crippen LogP contribution is 2.58. The van der Waals surface area contributed by atoms with Gasteiger partial charge in [-0.15, -0.1) is 11.8 Å². The first-order valence-electron chi connectivity index (χ1n) is 12.3. The van der Waals surface area contributed by atoms with Crippen molar-refractivity contribution < 1.29 is 14.6 Å². The van der Waals surface area contributed by atoms with Crippen LogP contribution in [0.4, 0.5) is 0 Å². The molecule has 0 spiro atoms. The van der Waals surface area contributed by atoms with Gasteiger partial charge in [0.15, 0.2) is 0 Å². The van der Waals surface area contributed by atoms with E-state index in [1.165, 1.54) is 11.1 Å². The Morgan fingerprint density at radius 3 is 2.41 bits per heavy atom. The van der Waals surface area contributed by atoms with Crippen molar-refractivity contribution in [2.24, 2.45) is 5.92 Å². The molecule has 2 aliphatic rings. The topological polar surface area (TPSA) is 38.7 Å². The minimum absolute atomic E-state index is 0.0237. The van der Waals surface area contributed by atoms with Gasteiger partial charge in [0.05, 0.1) is 6.10 Å². The van der Waals surface area contributed by atoms with Gasteiger partial charge in [-0.1, -0.05) is 93.6 Å². The summed E-state index contributed by atoms with van der Waals surface area (Å²) >= 11 is 1.78. The fraction of sp³-hybridized carbons (Fsp3) is 0.400. The van der Waals surface area contributed by atoms with Crippen LogP contribution in [0.1, 0.15) is 62.0 Å². The second-order valence-corrected chi connectivity index (χ2v) is 11.7. The van der Waals surface area contributed by atoms with Gasteiger partial charge < -0.3 is 14.6 Å². The lowest BCUT2D eigenvalue weighted by Gasteiger charge is -2.52. The third-order valence-electron chi connectivity index (χ3n) is 7.56. The predicted molar refractivity (Wildman–Crippen MR) is 139 cm³/mol. The zero-order valence-corrected chi connectivity index (χ0v) is 21.1. The maximum atomic E-state index is 11.9. The smallest absolute Gasteiger partial charge is 0.137 e. The number of fused-ring (bicyclic) bond motifs is 3. The van der Waals surface area contributed by atoms with Crippen LogP contribution in [-0.2, 0) is 23.4 Å². The molecule has 0 amide bonds. The molecule has 0 radical (unpaired) electrons. The van der Waals surface area contributed by atoms with Crippen LogP contribution in [0.15, 0.2) is 78.9 Å². The second-order valence-electron chi connectivity index (χ2n) is 10.00. The van der Waals surface area contributed by atoms with Gasteiger partial charge in [0.25, 0.3) is 0 Å². The number of ether oxygens (including phenoxy) is 2. The molecule has 1 heterocycles. The van der Waals surface area contributed by atoms with Crippen LogP contribution in [0, 0.1) is 5.92 Å². The molecule has 1 aliphatic heterocycles. The van der Waals surface area contributed by atoms with Crippen molar-refractivity contribution in [1.82, 2.24) is 0 Å². The average molecular weight is 475 g/mol. The van der Waals surface area contributed by atoms with Crippen LogP contribution in [-0.4, -0.2) is 15.3 Å². The van der Waals surface area contributed by atoms with Gasteiger partial charge in [0.2, 0.25) is 0 Å². The lowest BCUT2D eigenvalue weighted by atomic mass is 9.75. The van der Waals surface area contributed by atoms with Crippen LogP contribution in [0.5, 0.6) is 5.75 Å². The number of thioether (sulfide) groups is 1. The van der Waals surface area contributed by atoms with Crippen LogP contribution in [0.2, 0.25) is 0 Å². The highest BCUT2D eigenvalue weighted by Gasteiger charge is 2.53. The number of hydrogen-bond acceptors (Lipinski definition) is 4. The largest absolute Gasteiger partial charge is 0.489 e. The van der Waals surface area contributed by atoms with E-state index in [0.29, 0.717) is 18.9 Å². The van der Waals surface area contributed by atoms with E-state index in [9.17, 15) is 5.11 Å². The van der Waals surface area contributed by atoms with E-state index in [-0.39, 0.29) is 16.3 Å². The first kappa shape index (κ1) is 23.5. The normalized spacial score (nSPS) is 25.0. The summed E-state index contributed by atoms with van der Waals surface area (Å²) in [4.78, 5) is 0. The molecule has 0 aromatic heterocycles. The van der Waals surface area contributed by atoms with Gasteiger partial charge in [-0.25, -0.2) is 0 Å². The van der Waals surface area contributed by atoms with Gasteiger partial charge in [0, 0.05) is 10.7 Å². The maximum absolute atomic E-state index is 11.9. The Morgan fingerprint density at radius 1 is 1.00 bits per heavy atom. The third kappa shape index (κ3) is 4.28. The highest BCUT2D eigenvalue weighted by atomic mass is 32.2. The van der Waals surface area contributed by atoms with E-state index in [1.807, 2.05) is 55.5 Å². The van der Waals surface area contributed by atoms with Crippen LogP contribution in [0.25, 0.3) is 0 Å². The molecule has 178 valence electrons. The van der Waals surface area contributed by atoms with Crippen molar-refractivity contribution in [3.05, 3.63) is 101 Å². The zero-order chi connectivity index (χ0) is 23.8. The molecule has 3 nitrogen and oxygen atoms in total. The number of benzene rings is 3. The van der Waals surface area contributed by atoms with E-state index in [4.69, 9.17) is 9.47 Å². The molecule has 0 bridgehead atoms. The standard InChI is InChI=1S/C30H34O3S/c1-4-30(31,22-14-9-6-10-15-22)28-33-27-24-16-11-17-26(32-20-21-12-7-5-8-13-21)23(24)18-19-25(27)29(2,3)34-28/h5-17,25,27-28,31H,4,18-20H2,1-3H3/t25-,27+,28+,30+/m0/s1. The van der Waals surface area contributed by atoms with Crippen LogP contribution < -0.4 is 4.74 Å². The molecular formula is C30H34O3S. The van der Waals surface area contributed by atoms with Gasteiger partial charge in [-0.05, 0) is 47.6 Å². The molecule has 34 heavy (non-hydrogen) atoms. The molecule has 1 aliphatic carbocycles. The Balaban J connectivity index is 1.46. The van der Waals surface area contributed by atoms with Gasteiger partial charge in [-0.2, -0.15) is 0 Å². The van der Waals surface area contributed by atoms with E-state index in [0.717, 1.165) is 29.7 Å². The summed E-state index contributed by atoms with van der Waals surface area (Å²) in [6.45, 7) is 7.22. The first-order valence-corrected chi connectivity index (χ1v) is 13.2. The summed E-state index contributed by atoms with van der Waals surface area (Å²) in [7, 11) is 0. The Hall–Kier alpha value is -2.27. The first-order chi connectivity index (χ1) is 16.4. The van der Waals surface area contributed by atoms with Crippen molar-refractivity contribution in [2.75, 3.05) is 0 Å². The van der Waals surface area contributed by atoms with E-state index >= 15 is 0 Å². The molecule has 0 saturated carbocycles. The molecule has 4 heteroatoms. The Morgan fingerprint density at radius 2 is 1.71 bits per heavy atom. The van der Waals surface area contributed by atoms with Crippen molar-refractivity contribution >= 4 is 11.8 Å². The molecule has 1 N–H and O–H groups in total. The minimum Gasteiger partial charge on any atom is -0.489 e. The molecule has 4 atom stereocenters. The lowest BCUT2D eigenvalue weighted by molar-refractivity contribution is -0.130. The van der Waals surface area contributed by atoms with Crippen molar-refractivity contribution in [1.29, 1.82) is 0 Å². The molecule has 0 unspecified atom stereocenters. The summed E-state index contributed by atoms with van der Waals surface area (Å²) in [5.74, 6) is 1.33. The van der Waals surface area contributed by atoms with Gasteiger partial charge >= 0.3 is 0 Å². The van der Waals surface area contributed by atoms with E-state index < -0.39 is 5.60 Å². The van der Waals surface area contributed by atoms with Crippen LogP contribution in [0.3, 0.4) is 0 Å². The molecule has 1 saturated heterocycles. The molecular weight excluding hydrogens is 440 g/mol. The van der Waals surface area contributed by atoms with Crippen LogP contribution >= 0.6 is 11.8 Å². The fourth-order valence-corrected chi connectivity index (χ4v) is 7.14. The minimum atomic E-state index is -1.05. The van der Waals surface area contributed by atoms with Crippen molar-refractivity contribution in [3.8, 4) is 5.75 Å². The highest BCUT2D eigenvalue weighted by molar-refractivity contribution is 8.01. The number of rotatable bonds is 6. The molecule has 1 fully saturated rings. The van der Waals surface area contributed by atoms with Gasteiger partial charge in [-0.3, -0.25) is 0 Å². The molecule has 3 aromatic carbocycles. The summed E-state index contributed by atoms with van der Waals surface area (Å²) in [6, 6.07) is 26.6. The van der Waals surface area contributed by atoms with Crippen molar-refractivity contribution in [2.45, 2.75) is 68.5 Å². The summed E-state index contributed by atoms with van der Waals surface area (Å²) in [5, 5.41) is 11.9. The molecule has 5 rings (SSSR count). The lowest BCUT2D eigenvalue weighted by Crippen LogP contribution is -2.51. The van der Waals surface area contributed by atoms with E-state index in [1.54, 1.807) is 11.8 Å². The fourth-order valence-electron chi connectivity index (χ4n) is 5.50. The van der Waals surface area contributed by atoms with Crippen molar-refractivity contribution in [3.63, 3.8) is 0 Å². The monoisotopic (exact) mass is 474 g/mol. The predicted octanol–water partition coefficient (Wildman–Crippen LogP) is 7.04. The quantitative estimate of drug-likeness (QED) is 0.416. The third-order valence-corrected chi connectivity index (χ3v) is 9.19. The maximum Gasteiger partial charge on any atom is 0.137 e. The number of hydrogen-bond donors (Lipinski definition) is 1. The Labute approximate surface area is 207 Å². The average Bonchev–Trinajstić information content (AvgIpc) is 2.87.